The molecule has 3 aromatic heterocycles. The number of aromatic nitrogens is 7. The van der Waals surface area contributed by atoms with Crippen molar-refractivity contribution in [2.24, 2.45) is 0 Å². The molecule has 0 spiro atoms. The molecule has 0 saturated heterocycles. The molecule has 0 bridgehead atoms. The maximum absolute atomic E-state index is 6.10. The topological polar surface area (TPSA) is 74.3 Å². The summed E-state index contributed by atoms with van der Waals surface area (Å²) in [5.41, 5.74) is 3.53. The second kappa shape index (κ2) is 8.74. The zero-order valence-corrected chi connectivity index (χ0v) is 19.2. The van der Waals surface area contributed by atoms with Crippen molar-refractivity contribution in [1.82, 2.24) is 34.5 Å². The number of para-hydroxylation sites is 2. The molecule has 6 aromatic rings. The fourth-order valence-corrected chi connectivity index (χ4v) is 4.70. The van der Waals surface area contributed by atoms with E-state index < -0.39 is 0 Å². The highest BCUT2D eigenvalue weighted by Gasteiger charge is 2.19. The molecule has 6 rings (SSSR count). The third-order valence-corrected chi connectivity index (χ3v) is 6.49. The Labute approximate surface area is 204 Å². The van der Waals surface area contributed by atoms with E-state index in [4.69, 9.17) is 11.6 Å². The summed E-state index contributed by atoms with van der Waals surface area (Å²) < 4.78 is 3.83. The molecule has 0 aliphatic rings. The van der Waals surface area contributed by atoms with Gasteiger partial charge in [-0.25, -0.2) is 14.6 Å². The van der Waals surface area contributed by atoms with Crippen LogP contribution in [0.2, 0.25) is 5.02 Å². The molecule has 0 atom stereocenters. The molecule has 3 heterocycles. The lowest BCUT2D eigenvalue weighted by Gasteiger charge is -2.10. The largest absolute Gasteiger partial charge is 0.270 e. The van der Waals surface area contributed by atoms with Gasteiger partial charge in [0.1, 0.15) is 11.4 Å². The van der Waals surface area contributed by atoms with Crippen molar-refractivity contribution in [3.8, 4) is 22.8 Å². The summed E-state index contributed by atoms with van der Waals surface area (Å²) in [6.07, 6.45) is 3.34. The van der Waals surface area contributed by atoms with Crippen molar-refractivity contribution in [1.29, 1.82) is 0 Å². The van der Waals surface area contributed by atoms with Crippen molar-refractivity contribution < 1.29 is 0 Å². The normalized spacial score (nSPS) is 11.2. The zero-order chi connectivity index (χ0) is 22.9. The van der Waals surface area contributed by atoms with Crippen LogP contribution >= 0.6 is 23.4 Å². The molecule has 164 valence electrons. The number of halogens is 1. The van der Waals surface area contributed by atoms with Crippen LogP contribution in [0.5, 0.6) is 0 Å². The molecule has 0 saturated carbocycles. The van der Waals surface area contributed by atoms with Crippen LogP contribution < -0.4 is 0 Å². The molecule has 0 fully saturated rings. The van der Waals surface area contributed by atoms with E-state index in [2.05, 4.69) is 25.3 Å². The van der Waals surface area contributed by atoms with E-state index in [1.54, 1.807) is 12.5 Å². The second-order valence-electron chi connectivity index (χ2n) is 7.39. The lowest BCUT2D eigenvalue weighted by Crippen LogP contribution is -2.00. The summed E-state index contributed by atoms with van der Waals surface area (Å²) in [6.45, 7) is 0. The summed E-state index contributed by atoms with van der Waals surface area (Å²) in [4.78, 5) is 9.02. The maximum atomic E-state index is 6.10. The standard InChI is InChI=1S/C25H16ClN7S/c26-18-13-11-17(12-14-18)22-30-31-25(32(22)19-7-3-1-4-8-19)34-24-21-15-29-33(23(21)27-16-28-24)20-9-5-2-6-10-20/h1-16H. The fraction of sp³-hybridized carbons (Fsp3) is 0. The first kappa shape index (κ1) is 20.6. The first-order valence-electron chi connectivity index (χ1n) is 10.5. The van der Waals surface area contributed by atoms with Crippen LogP contribution in [0.1, 0.15) is 0 Å². The van der Waals surface area contributed by atoms with E-state index in [1.165, 1.54) is 11.8 Å². The van der Waals surface area contributed by atoms with Gasteiger partial charge in [-0.2, -0.15) is 5.10 Å². The van der Waals surface area contributed by atoms with Gasteiger partial charge in [0.05, 0.1) is 17.3 Å². The van der Waals surface area contributed by atoms with E-state index in [0.717, 1.165) is 38.8 Å². The van der Waals surface area contributed by atoms with E-state index in [0.29, 0.717) is 10.2 Å². The first-order valence-corrected chi connectivity index (χ1v) is 11.7. The van der Waals surface area contributed by atoms with Gasteiger partial charge in [-0.15, -0.1) is 10.2 Å². The molecular formula is C25H16ClN7S. The minimum atomic E-state index is 0.669. The van der Waals surface area contributed by atoms with Gasteiger partial charge in [-0.05, 0) is 60.3 Å². The Morgan fingerprint density at radius 3 is 2.18 bits per heavy atom. The third-order valence-electron chi connectivity index (χ3n) is 5.27. The molecule has 3 aromatic carbocycles. The average molecular weight is 482 g/mol. The van der Waals surface area contributed by atoms with Gasteiger partial charge >= 0.3 is 0 Å². The van der Waals surface area contributed by atoms with Crippen molar-refractivity contribution in [2.45, 2.75) is 10.2 Å². The Balaban J connectivity index is 1.46. The molecule has 0 unspecified atom stereocenters. The third kappa shape index (κ3) is 3.72. The molecule has 9 heteroatoms. The molecule has 0 aliphatic heterocycles. The quantitative estimate of drug-likeness (QED) is 0.287. The number of rotatable bonds is 5. The highest BCUT2D eigenvalue weighted by Crippen LogP contribution is 2.34. The van der Waals surface area contributed by atoms with Gasteiger partial charge in [0, 0.05) is 16.3 Å². The van der Waals surface area contributed by atoms with Gasteiger partial charge < -0.3 is 0 Å². The van der Waals surface area contributed by atoms with Crippen molar-refractivity contribution in [3.05, 3.63) is 102 Å². The van der Waals surface area contributed by atoms with Gasteiger partial charge in [0.2, 0.25) is 5.16 Å². The lowest BCUT2D eigenvalue weighted by atomic mass is 10.2. The summed E-state index contributed by atoms with van der Waals surface area (Å²) in [5.74, 6) is 0.718. The average Bonchev–Trinajstić information content (AvgIpc) is 3.51. The predicted molar refractivity (Wildman–Crippen MR) is 133 cm³/mol. The van der Waals surface area contributed by atoms with Crippen molar-refractivity contribution in [3.63, 3.8) is 0 Å². The van der Waals surface area contributed by atoms with Crippen LogP contribution in [0.4, 0.5) is 0 Å². The van der Waals surface area contributed by atoms with E-state index in [9.17, 15) is 0 Å². The van der Waals surface area contributed by atoms with Crippen molar-refractivity contribution in [2.75, 3.05) is 0 Å². The maximum Gasteiger partial charge on any atom is 0.202 e. The van der Waals surface area contributed by atoms with Crippen LogP contribution in [-0.4, -0.2) is 34.5 Å². The summed E-state index contributed by atoms with van der Waals surface area (Å²) >= 11 is 7.53. The molecular weight excluding hydrogens is 466 g/mol. The van der Waals surface area contributed by atoms with Gasteiger partial charge in [-0.3, -0.25) is 4.57 Å². The Bertz CT molecular complexity index is 1580. The number of benzene rings is 3. The number of hydrogen-bond donors (Lipinski definition) is 0. The highest BCUT2D eigenvalue weighted by atomic mass is 35.5. The van der Waals surface area contributed by atoms with Crippen molar-refractivity contribution >= 4 is 34.4 Å². The smallest absolute Gasteiger partial charge is 0.202 e. The van der Waals surface area contributed by atoms with Crippen LogP contribution in [0, 0.1) is 0 Å². The molecule has 0 N–H and O–H groups in total. The van der Waals surface area contributed by atoms with Crippen LogP contribution in [0.25, 0.3) is 33.8 Å². The Hall–Kier alpha value is -4.01. The summed E-state index contributed by atoms with van der Waals surface area (Å²) in [7, 11) is 0. The molecule has 0 amide bonds. The van der Waals surface area contributed by atoms with Crippen LogP contribution in [0.3, 0.4) is 0 Å². The zero-order valence-electron chi connectivity index (χ0n) is 17.7. The summed E-state index contributed by atoms with van der Waals surface area (Å²) in [5, 5.41) is 16.5. The Kier molecular flexibility index (Phi) is 5.29. The Morgan fingerprint density at radius 2 is 1.44 bits per heavy atom. The van der Waals surface area contributed by atoms with Crippen LogP contribution in [0.15, 0.2) is 108 Å². The molecule has 34 heavy (non-hydrogen) atoms. The number of fused-ring (bicyclic) bond motifs is 1. The van der Waals surface area contributed by atoms with Gasteiger partial charge in [0.25, 0.3) is 0 Å². The van der Waals surface area contributed by atoms with E-state index in [-0.39, 0.29) is 0 Å². The predicted octanol–water partition coefficient (Wildman–Crippen LogP) is 5.87. The lowest BCUT2D eigenvalue weighted by molar-refractivity contribution is 0.881. The SMILES string of the molecule is Clc1ccc(-c2nnc(Sc3ncnc4c3cnn4-c3ccccc3)n2-c2ccccc2)cc1. The van der Waals surface area contributed by atoms with Gasteiger partial charge in [-0.1, -0.05) is 48.0 Å². The minimum Gasteiger partial charge on any atom is -0.270 e. The van der Waals surface area contributed by atoms with Gasteiger partial charge in [0.15, 0.2) is 11.5 Å². The summed E-state index contributed by atoms with van der Waals surface area (Å²) in [6, 6.07) is 27.5. The molecule has 7 nitrogen and oxygen atoms in total. The fourth-order valence-electron chi connectivity index (χ4n) is 3.68. The molecule has 0 aliphatic carbocycles. The first-order chi connectivity index (χ1) is 16.8. The minimum absolute atomic E-state index is 0.669. The molecule has 0 radical (unpaired) electrons. The van der Waals surface area contributed by atoms with E-state index >= 15 is 0 Å². The monoisotopic (exact) mass is 481 g/mol. The number of nitrogens with zero attached hydrogens (tertiary/aromatic N) is 7. The van der Waals surface area contributed by atoms with Crippen LogP contribution in [-0.2, 0) is 0 Å². The number of hydrogen-bond acceptors (Lipinski definition) is 6. The highest BCUT2D eigenvalue weighted by molar-refractivity contribution is 7.99. The Morgan fingerprint density at radius 1 is 0.735 bits per heavy atom. The van der Waals surface area contributed by atoms with E-state index in [1.807, 2.05) is 94.2 Å². The second-order valence-corrected chi connectivity index (χ2v) is 8.79.